The first kappa shape index (κ1) is 16.2. The van der Waals surface area contributed by atoms with E-state index in [9.17, 15) is 9.59 Å². The second kappa shape index (κ2) is 6.54. The Morgan fingerprint density at radius 3 is 2.20 bits per heavy atom. The lowest BCUT2D eigenvalue weighted by Gasteiger charge is -2.41. The van der Waals surface area contributed by atoms with Crippen molar-refractivity contribution < 1.29 is 14.3 Å². The van der Waals surface area contributed by atoms with Crippen molar-refractivity contribution in [3.05, 3.63) is 71.8 Å². The lowest BCUT2D eigenvalue weighted by Crippen LogP contribution is -2.69. The van der Waals surface area contributed by atoms with Crippen molar-refractivity contribution in [3.8, 4) is 0 Å². The molecule has 2 N–H and O–H groups in total. The quantitative estimate of drug-likeness (QED) is 0.671. The fraction of sp³-hybridized carbons (Fsp3) is 0.263. The van der Waals surface area contributed by atoms with Gasteiger partial charge in [-0.1, -0.05) is 60.7 Å². The van der Waals surface area contributed by atoms with Gasteiger partial charge in [-0.05, 0) is 11.1 Å². The van der Waals surface area contributed by atoms with Crippen LogP contribution in [0.1, 0.15) is 17.2 Å². The van der Waals surface area contributed by atoms with Gasteiger partial charge in [0.2, 0.25) is 5.91 Å². The third-order valence-electron chi connectivity index (χ3n) is 4.63. The zero-order valence-electron chi connectivity index (χ0n) is 13.4. The van der Waals surface area contributed by atoms with Crippen LogP contribution in [-0.2, 0) is 14.3 Å². The predicted octanol–water partition coefficient (Wildman–Crippen LogP) is 1.93. The van der Waals surface area contributed by atoms with Crippen LogP contribution < -0.4 is 5.73 Å². The second-order valence-corrected chi connectivity index (χ2v) is 7.28. The lowest BCUT2D eigenvalue weighted by atomic mass is 9.98. The average Bonchev–Trinajstić information content (AvgIpc) is 3.08. The van der Waals surface area contributed by atoms with Gasteiger partial charge in [-0.25, -0.2) is 4.79 Å². The number of amides is 1. The molecule has 128 valence electrons. The predicted molar refractivity (Wildman–Crippen MR) is 95.7 cm³/mol. The highest BCUT2D eigenvalue weighted by Crippen LogP contribution is 2.39. The Balaban J connectivity index is 1.57. The minimum absolute atomic E-state index is 0.0537. The molecule has 25 heavy (non-hydrogen) atoms. The molecular formula is C19H18N2O3S. The maximum Gasteiger partial charge on any atom is 0.340 e. The zero-order valence-corrected chi connectivity index (χ0v) is 14.3. The van der Waals surface area contributed by atoms with Crippen LogP contribution in [0.25, 0.3) is 0 Å². The number of β-lactam (4-membered cyclic amide) rings is 1. The summed E-state index contributed by atoms with van der Waals surface area (Å²) in [5.74, 6) is 0.104. The van der Waals surface area contributed by atoms with Crippen LogP contribution in [0.5, 0.6) is 0 Å². The van der Waals surface area contributed by atoms with Crippen LogP contribution in [0.3, 0.4) is 0 Å². The Bertz CT molecular complexity index is 744. The van der Waals surface area contributed by atoms with Crippen LogP contribution in [0.15, 0.2) is 60.7 Å². The first-order valence-corrected chi connectivity index (χ1v) is 9.21. The van der Waals surface area contributed by atoms with E-state index < -0.39 is 23.5 Å². The van der Waals surface area contributed by atoms with E-state index in [1.165, 1.54) is 11.8 Å². The van der Waals surface area contributed by atoms with E-state index in [1.807, 2.05) is 60.7 Å². The van der Waals surface area contributed by atoms with Gasteiger partial charge in [0.1, 0.15) is 6.04 Å². The van der Waals surface area contributed by atoms with Gasteiger partial charge in [0.05, 0.1) is 6.04 Å². The summed E-state index contributed by atoms with van der Waals surface area (Å²) in [6, 6.07) is 18.7. The lowest BCUT2D eigenvalue weighted by molar-refractivity contribution is -0.162. The van der Waals surface area contributed by atoms with E-state index in [2.05, 4.69) is 0 Å². The highest BCUT2D eigenvalue weighted by Gasteiger charge is 2.55. The van der Waals surface area contributed by atoms with Gasteiger partial charge >= 0.3 is 5.97 Å². The van der Waals surface area contributed by atoms with Crippen molar-refractivity contribution in [1.29, 1.82) is 0 Å². The summed E-state index contributed by atoms with van der Waals surface area (Å²) < 4.78 is 5.85. The van der Waals surface area contributed by atoms with Crippen molar-refractivity contribution in [2.75, 3.05) is 5.75 Å². The number of thioether (sulfide) groups is 1. The Labute approximate surface area is 150 Å². The SMILES string of the molecule is N[C@@H]1C(=O)N2C(C(=O)OC(c3ccccc3)c3ccccc3)SCC12. The number of fused-ring (bicyclic) bond motifs is 1. The third kappa shape index (κ3) is 2.81. The minimum Gasteiger partial charge on any atom is -0.450 e. The van der Waals surface area contributed by atoms with Crippen LogP contribution in [0.4, 0.5) is 0 Å². The van der Waals surface area contributed by atoms with Crippen molar-refractivity contribution in [3.63, 3.8) is 0 Å². The molecule has 2 fully saturated rings. The van der Waals surface area contributed by atoms with Gasteiger partial charge in [0.25, 0.3) is 0 Å². The molecule has 6 heteroatoms. The van der Waals surface area contributed by atoms with Gasteiger partial charge < -0.3 is 15.4 Å². The summed E-state index contributed by atoms with van der Waals surface area (Å²) in [6.45, 7) is 0. The number of nitrogens with zero attached hydrogens (tertiary/aromatic N) is 1. The average molecular weight is 354 g/mol. The highest BCUT2D eigenvalue weighted by atomic mass is 32.2. The molecule has 0 spiro atoms. The molecule has 2 aliphatic heterocycles. The van der Waals surface area contributed by atoms with Crippen LogP contribution in [0.2, 0.25) is 0 Å². The monoisotopic (exact) mass is 354 g/mol. The molecule has 0 saturated carbocycles. The summed E-state index contributed by atoms with van der Waals surface area (Å²) in [7, 11) is 0. The molecule has 3 atom stereocenters. The largest absolute Gasteiger partial charge is 0.450 e. The Hall–Kier alpha value is -2.31. The number of hydrogen-bond acceptors (Lipinski definition) is 5. The maximum absolute atomic E-state index is 12.8. The molecule has 2 saturated heterocycles. The number of nitrogens with two attached hydrogens (primary N) is 1. The molecule has 1 amide bonds. The molecule has 2 aromatic rings. The van der Waals surface area contributed by atoms with Gasteiger partial charge in [0.15, 0.2) is 11.5 Å². The molecule has 4 rings (SSSR count). The molecule has 0 bridgehead atoms. The van der Waals surface area contributed by atoms with Crippen molar-refractivity contribution in [2.24, 2.45) is 5.73 Å². The second-order valence-electron chi connectivity index (χ2n) is 6.16. The number of benzene rings is 2. The molecule has 2 unspecified atom stereocenters. The Morgan fingerprint density at radius 2 is 1.64 bits per heavy atom. The molecule has 2 aliphatic rings. The minimum atomic E-state index is -0.604. The topological polar surface area (TPSA) is 72.6 Å². The van der Waals surface area contributed by atoms with Gasteiger partial charge in [0, 0.05) is 5.75 Å². The van der Waals surface area contributed by atoms with Crippen molar-refractivity contribution in [1.82, 2.24) is 4.90 Å². The standard InChI is InChI=1S/C19H18N2O3S/c20-15-14-11-25-18(21(14)17(15)22)19(23)24-16(12-7-3-1-4-8-12)13-9-5-2-6-10-13/h1-10,14-16,18H,11,20H2/t14?,15-,18?/m0/s1. The van der Waals surface area contributed by atoms with Gasteiger partial charge in [-0.3, -0.25) is 4.79 Å². The summed E-state index contributed by atoms with van der Waals surface area (Å²) in [5.41, 5.74) is 7.59. The molecule has 0 aromatic heterocycles. The number of ether oxygens (including phenoxy) is 1. The van der Waals surface area contributed by atoms with Crippen LogP contribution in [0, 0.1) is 0 Å². The van der Waals surface area contributed by atoms with Gasteiger partial charge in [-0.2, -0.15) is 0 Å². The van der Waals surface area contributed by atoms with E-state index >= 15 is 0 Å². The molecular weight excluding hydrogens is 336 g/mol. The molecule has 2 aromatic carbocycles. The Kier molecular flexibility index (Phi) is 4.23. The number of carbonyl (C=O) groups excluding carboxylic acids is 2. The summed E-state index contributed by atoms with van der Waals surface area (Å²) >= 11 is 1.42. The molecule has 2 heterocycles. The first-order chi connectivity index (χ1) is 12.2. The van der Waals surface area contributed by atoms with Crippen LogP contribution in [-0.4, -0.2) is 40.0 Å². The van der Waals surface area contributed by atoms with E-state index in [0.717, 1.165) is 11.1 Å². The normalized spacial score (nSPS) is 24.8. The van der Waals surface area contributed by atoms with E-state index in [1.54, 1.807) is 4.90 Å². The Morgan fingerprint density at radius 1 is 1.08 bits per heavy atom. The van der Waals surface area contributed by atoms with Gasteiger partial charge in [-0.15, -0.1) is 11.8 Å². The van der Waals surface area contributed by atoms with Crippen molar-refractivity contribution >= 4 is 23.6 Å². The zero-order chi connectivity index (χ0) is 17.4. The number of rotatable bonds is 4. The van der Waals surface area contributed by atoms with E-state index in [-0.39, 0.29) is 11.9 Å². The number of carbonyl (C=O) groups is 2. The van der Waals surface area contributed by atoms with E-state index in [0.29, 0.717) is 5.75 Å². The number of esters is 1. The first-order valence-electron chi connectivity index (χ1n) is 8.16. The molecule has 0 radical (unpaired) electrons. The molecule has 0 aliphatic carbocycles. The highest BCUT2D eigenvalue weighted by molar-refractivity contribution is 8.00. The molecule has 5 nitrogen and oxygen atoms in total. The fourth-order valence-electron chi connectivity index (χ4n) is 3.27. The summed E-state index contributed by atoms with van der Waals surface area (Å²) in [4.78, 5) is 26.3. The fourth-order valence-corrected chi connectivity index (χ4v) is 4.63. The maximum atomic E-state index is 12.8. The van der Waals surface area contributed by atoms with Crippen molar-refractivity contribution in [2.45, 2.75) is 23.6 Å². The van der Waals surface area contributed by atoms with Crippen LogP contribution >= 0.6 is 11.8 Å². The third-order valence-corrected chi connectivity index (χ3v) is 5.90. The van der Waals surface area contributed by atoms with E-state index in [4.69, 9.17) is 10.5 Å². The number of hydrogen-bond donors (Lipinski definition) is 1. The summed E-state index contributed by atoms with van der Waals surface area (Å²) in [5, 5.41) is -0.604. The smallest absolute Gasteiger partial charge is 0.340 e. The summed E-state index contributed by atoms with van der Waals surface area (Å²) in [6.07, 6.45) is -0.500.